The Morgan fingerprint density at radius 1 is 1.46 bits per heavy atom. The van der Waals surface area contributed by atoms with Gasteiger partial charge in [0.05, 0.1) is 7.11 Å². The molecule has 0 saturated heterocycles. The van der Waals surface area contributed by atoms with Gasteiger partial charge in [-0.25, -0.2) is 0 Å². The monoisotopic (exact) mass is 174 g/mol. The van der Waals surface area contributed by atoms with Crippen LogP contribution in [0.5, 0.6) is 5.75 Å². The van der Waals surface area contributed by atoms with Gasteiger partial charge in [0.2, 0.25) is 0 Å². The Labute approximate surface area is 79.7 Å². The molecule has 0 radical (unpaired) electrons. The number of methoxy groups -OCH3 is 1. The van der Waals surface area contributed by atoms with Crippen molar-refractivity contribution in [1.29, 1.82) is 0 Å². The lowest BCUT2D eigenvalue weighted by Gasteiger charge is -2.07. The Bertz CT molecular complexity index is 320. The van der Waals surface area contributed by atoms with E-state index in [-0.39, 0.29) is 0 Å². The van der Waals surface area contributed by atoms with Crippen molar-refractivity contribution in [2.24, 2.45) is 0 Å². The van der Waals surface area contributed by atoms with Gasteiger partial charge in [-0.3, -0.25) is 0 Å². The van der Waals surface area contributed by atoms with Gasteiger partial charge in [-0.1, -0.05) is 17.7 Å². The molecule has 0 atom stereocenters. The van der Waals surface area contributed by atoms with E-state index < -0.39 is 0 Å². The molecule has 1 nitrogen and oxygen atoms in total. The molecule has 0 bridgehead atoms. The van der Waals surface area contributed by atoms with E-state index in [0.29, 0.717) is 0 Å². The average Bonchev–Trinajstić information content (AvgIpc) is 2.15. The summed E-state index contributed by atoms with van der Waals surface area (Å²) in [5, 5.41) is 0. The van der Waals surface area contributed by atoms with Gasteiger partial charge in [0, 0.05) is 6.42 Å². The van der Waals surface area contributed by atoms with E-state index in [9.17, 15) is 0 Å². The predicted octanol–water partition coefficient (Wildman–Crippen LogP) is 2.57. The van der Waals surface area contributed by atoms with Crippen molar-refractivity contribution < 1.29 is 4.74 Å². The fourth-order valence-corrected chi connectivity index (χ4v) is 1.31. The summed E-state index contributed by atoms with van der Waals surface area (Å²) in [6, 6.07) is 6.15. The first-order chi connectivity index (χ1) is 6.27. The lowest BCUT2D eigenvalue weighted by atomic mass is 10.1. The molecule has 0 N–H and O–H groups in total. The molecular weight excluding hydrogens is 160 g/mol. The van der Waals surface area contributed by atoms with Crippen molar-refractivity contribution in [3.63, 3.8) is 0 Å². The maximum Gasteiger partial charge on any atom is 0.122 e. The maximum absolute atomic E-state index is 5.23. The zero-order valence-electron chi connectivity index (χ0n) is 8.13. The van der Waals surface area contributed by atoms with Crippen molar-refractivity contribution in [3.8, 4) is 18.1 Å². The first-order valence-corrected chi connectivity index (χ1v) is 4.35. The quantitative estimate of drug-likeness (QED) is 0.640. The van der Waals surface area contributed by atoms with Crippen LogP contribution >= 0.6 is 0 Å². The van der Waals surface area contributed by atoms with E-state index >= 15 is 0 Å². The van der Waals surface area contributed by atoms with Crippen LogP contribution in [0, 0.1) is 19.3 Å². The highest BCUT2D eigenvalue weighted by atomic mass is 16.5. The fraction of sp³-hybridized carbons (Fsp3) is 0.333. The summed E-state index contributed by atoms with van der Waals surface area (Å²) in [6.45, 7) is 2.07. The Morgan fingerprint density at radius 2 is 2.23 bits per heavy atom. The van der Waals surface area contributed by atoms with E-state index in [0.717, 1.165) is 18.6 Å². The minimum absolute atomic E-state index is 0.764. The van der Waals surface area contributed by atoms with Crippen molar-refractivity contribution >= 4 is 0 Å². The highest BCUT2D eigenvalue weighted by Crippen LogP contribution is 2.20. The number of rotatable bonds is 3. The van der Waals surface area contributed by atoms with Gasteiger partial charge >= 0.3 is 0 Å². The summed E-state index contributed by atoms with van der Waals surface area (Å²) < 4.78 is 5.23. The minimum Gasteiger partial charge on any atom is -0.496 e. The molecule has 1 aromatic rings. The summed E-state index contributed by atoms with van der Waals surface area (Å²) >= 11 is 0. The first-order valence-electron chi connectivity index (χ1n) is 4.35. The second-order valence-corrected chi connectivity index (χ2v) is 3.02. The predicted molar refractivity (Wildman–Crippen MR) is 54.9 cm³/mol. The lowest BCUT2D eigenvalue weighted by Crippen LogP contribution is -1.92. The molecule has 1 aromatic carbocycles. The van der Waals surface area contributed by atoms with E-state index in [1.807, 2.05) is 12.1 Å². The van der Waals surface area contributed by atoms with Crippen molar-refractivity contribution in [2.75, 3.05) is 7.11 Å². The minimum atomic E-state index is 0.764. The Kier molecular flexibility index (Phi) is 3.40. The van der Waals surface area contributed by atoms with Crippen molar-refractivity contribution in [2.45, 2.75) is 19.8 Å². The van der Waals surface area contributed by atoms with Gasteiger partial charge in [0.1, 0.15) is 5.75 Å². The topological polar surface area (TPSA) is 9.23 Å². The molecule has 0 amide bonds. The average molecular weight is 174 g/mol. The summed E-state index contributed by atoms with van der Waals surface area (Å²) in [6.07, 6.45) is 6.87. The van der Waals surface area contributed by atoms with Crippen LogP contribution in [-0.4, -0.2) is 7.11 Å². The second-order valence-electron chi connectivity index (χ2n) is 3.02. The van der Waals surface area contributed by atoms with Gasteiger partial charge in [-0.15, -0.1) is 12.3 Å². The molecule has 1 heteroatoms. The molecule has 0 aliphatic heterocycles. The Morgan fingerprint density at radius 3 is 2.85 bits per heavy atom. The number of hydrogen-bond donors (Lipinski definition) is 0. The Hall–Kier alpha value is -1.42. The van der Waals surface area contributed by atoms with Crippen LogP contribution in [0.15, 0.2) is 18.2 Å². The summed E-state index contributed by atoms with van der Waals surface area (Å²) in [5.41, 5.74) is 2.44. The number of terminal acetylenes is 1. The standard InChI is InChI=1S/C12H14O/c1-4-5-6-11-9-10(2)7-8-12(11)13-3/h1,7-9H,5-6H2,2-3H3. The molecule has 0 heterocycles. The number of hydrogen-bond acceptors (Lipinski definition) is 1. The van der Waals surface area contributed by atoms with E-state index in [2.05, 4.69) is 18.9 Å². The number of benzene rings is 1. The van der Waals surface area contributed by atoms with E-state index in [1.165, 1.54) is 11.1 Å². The summed E-state index contributed by atoms with van der Waals surface area (Å²) in [4.78, 5) is 0. The van der Waals surface area contributed by atoms with Gasteiger partial charge in [-0.2, -0.15) is 0 Å². The smallest absolute Gasteiger partial charge is 0.122 e. The molecular formula is C12H14O. The molecule has 0 fully saturated rings. The molecule has 0 aliphatic rings. The zero-order valence-corrected chi connectivity index (χ0v) is 8.13. The van der Waals surface area contributed by atoms with Gasteiger partial charge in [0.25, 0.3) is 0 Å². The number of aryl methyl sites for hydroxylation is 2. The first kappa shape index (κ1) is 9.67. The van der Waals surface area contributed by atoms with Crippen LogP contribution in [-0.2, 0) is 6.42 Å². The highest BCUT2D eigenvalue weighted by molar-refractivity contribution is 5.37. The number of ether oxygens (including phenoxy) is 1. The van der Waals surface area contributed by atoms with Crippen molar-refractivity contribution in [3.05, 3.63) is 29.3 Å². The molecule has 0 aliphatic carbocycles. The fourth-order valence-electron chi connectivity index (χ4n) is 1.31. The summed E-state index contributed by atoms with van der Waals surface area (Å²) in [7, 11) is 1.68. The maximum atomic E-state index is 5.23. The van der Waals surface area contributed by atoms with Crippen molar-refractivity contribution in [1.82, 2.24) is 0 Å². The van der Waals surface area contributed by atoms with Gasteiger partial charge in [0.15, 0.2) is 0 Å². The summed E-state index contributed by atoms with van der Waals surface area (Å²) in [5.74, 6) is 3.56. The highest BCUT2D eigenvalue weighted by Gasteiger charge is 2.01. The molecule has 0 spiro atoms. The zero-order chi connectivity index (χ0) is 9.68. The van der Waals surface area contributed by atoms with E-state index in [4.69, 9.17) is 11.2 Å². The van der Waals surface area contributed by atoms with Gasteiger partial charge in [-0.05, 0) is 25.0 Å². The SMILES string of the molecule is C#CCCc1cc(C)ccc1OC. The normalized spacial score (nSPS) is 9.31. The third-order valence-electron chi connectivity index (χ3n) is 1.97. The third kappa shape index (κ3) is 2.52. The third-order valence-corrected chi connectivity index (χ3v) is 1.97. The second kappa shape index (κ2) is 4.57. The molecule has 1 rings (SSSR count). The molecule has 13 heavy (non-hydrogen) atoms. The molecule has 0 unspecified atom stereocenters. The van der Waals surface area contributed by atoms with Crippen LogP contribution in [0.1, 0.15) is 17.5 Å². The van der Waals surface area contributed by atoms with Gasteiger partial charge < -0.3 is 4.74 Å². The van der Waals surface area contributed by atoms with Crippen LogP contribution in [0.3, 0.4) is 0 Å². The van der Waals surface area contributed by atoms with Crippen LogP contribution in [0.4, 0.5) is 0 Å². The Balaban J connectivity index is 2.89. The molecule has 68 valence electrons. The van der Waals surface area contributed by atoms with Crippen LogP contribution in [0.25, 0.3) is 0 Å². The molecule has 0 aromatic heterocycles. The molecule has 0 saturated carbocycles. The van der Waals surface area contributed by atoms with Crippen LogP contribution in [0.2, 0.25) is 0 Å². The largest absolute Gasteiger partial charge is 0.496 e. The van der Waals surface area contributed by atoms with E-state index in [1.54, 1.807) is 7.11 Å². The van der Waals surface area contributed by atoms with Crippen LogP contribution < -0.4 is 4.74 Å². The lowest BCUT2D eigenvalue weighted by molar-refractivity contribution is 0.409.